The maximum absolute atomic E-state index is 12.9. The summed E-state index contributed by atoms with van der Waals surface area (Å²) in [5.74, 6) is 0.0666. The molecule has 0 atom stereocenters. The lowest BCUT2D eigenvalue weighted by molar-refractivity contribution is 0.102. The van der Waals surface area contributed by atoms with Crippen LogP contribution in [0.15, 0.2) is 84.1 Å². The Hall–Kier alpha value is -4.57. The number of nitrogens with zero attached hydrogens (tertiary/aromatic N) is 3. The Balaban J connectivity index is 1.36. The summed E-state index contributed by atoms with van der Waals surface area (Å²) in [6.45, 7) is 1.94. The summed E-state index contributed by atoms with van der Waals surface area (Å²) < 4.78 is 23.7. The number of aryl methyl sites for hydroxylation is 1. The van der Waals surface area contributed by atoms with Gasteiger partial charge in [0.05, 0.1) is 10.6 Å². The fourth-order valence-electron chi connectivity index (χ4n) is 3.71. The lowest BCUT2D eigenvalue weighted by Crippen LogP contribution is -2.12. The molecule has 0 unspecified atom stereocenters. The lowest BCUT2D eigenvalue weighted by Gasteiger charge is -2.12. The Bertz CT molecular complexity index is 1700. The van der Waals surface area contributed by atoms with Crippen molar-refractivity contribution in [2.24, 2.45) is 0 Å². The van der Waals surface area contributed by atoms with Crippen LogP contribution in [-0.2, 0) is 9.84 Å². The summed E-state index contributed by atoms with van der Waals surface area (Å²) in [7, 11) is -3.34. The number of hydrogen-bond donors (Lipinski definition) is 3. The van der Waals surface area contributed by atoms with Gasteiger partial charge in [-0.2, -0.15) is 0 Å². The number of pyridine rings is 1. The first kappa shape index (κ1) is 23.2. The molecule has 3 heterocycles. The number of sulfone groups is 1. The molecule has 5 aromatic rings. The Labute approximate surface area is 207 Å². The number of benzene rings is 2. The van der Waals surface area contributed by atoms with Crippen molar-refractivity contribution < 1.29 is 13.2 Å². The number of hydrogen-bond acceptors (Lipinski definition) is 7. The van der Waals surface area contributed by atoms with Gasteiger partial charge in [-0.1, -0.05) is 6.07 Å². The Morgan fingerprint density at radius 3 is 2.64 bits per heavy atom. The van der Waals surface area contributed by atoms with Gasteiger partial charge in [-0.3, -0.25) is 9.78 Å². The van der Waals surface area contributed by atoms with Crippen molar-refractivity contribution in [2.45, 2.75) is 11.8 Å². The molecule has 5 rings (SSSR count). The standard InChI is InChI=1S/C26H22N6O3S/c1-16-5-6-19(14-23(16)32-26-28-11-9-22(31-26)17-4-3-10-27-15-17)29-25(33)24-13-18-12-20(36(2,34)35)7-8-21(18)30-24/h3-15,30H,1-2H3,(H,29,33)(H,28,31,32). The minimum atomic E-state index is -3.34. The molecule has 0 spiro atoms. The highest BCUT2D eigenvalue weighted by Crippen LogP contribution is 2.25. The molecule has 0 aliphatic rings. The molecule has 0 saturated heterocycles. The van der Waals surface area contributed by atoms with Gasteiger partial charge in [-0.25, -0.2) is 18.4 Å². The van der Waals surface area contributed by atoms with E-state index in [1.165, 1.54) is 6.07 Å². The molecule has 0 bridgehead atoms. The molecule has 0 saturated carbocycles. The molecule has 0 aliphatic heterocycles. The quantitative estimate of drug-likeness (QED) is 0.309. The second kappa shape index (κ2) is 9.23. The van der Waals surface area contributed by atoms with Gasteiger partial charge in [-0.05, 0) is 67.1 Å². The van der Waals surface area contributed by atoms with Crippen LogP contribution < -0.4 is 10.6 Å². The van der Waals surface area contributed by atoms with E-state index in [1.54, 1.807) is 48.9 Å². The number of anilines is 3. The van der Waals surface area contributed by atoms with E-state index in [9.17, 15) is 13.2 Å². The van der Waals surface area contributed by atoms with Crippen molar-refractivity contribution in [1.29, 1.82) is 0 Å². The number of amides is 1. The molecule has 3 N–H and O–H groups in total. The highest BCUT2D eigenvalue weighted by Gasteiger charge is 2.14. The van der Waals surface area contributed by atoms with Crippen molar-refractivity contribution in [2.75, 3.05) is 16.9 Å². The zero-order valence-electron chi connectivity index (χ0n) is 19.5. The van der Waals surface area contributed by atoms with Gasteiger partial charge in [0.25, 0.3) is 5.91 Å². The van der Waals surface area contributed by atoms with Crippen molar-refractivity contribution >= 4 is 44.0 Å². The predicted molar refractivity (Wildman–Crippen MR) is 139 cm³/mol. The summed E-state index contributed by atoms with van der Waals surface area (Å²) in [5.41, 5.74) is 4.87. The second-order valence-electron chi connectivity index (χ2n) is 8.32. The average molecular weight is 499 g/mol. The molecule has 180 valence electrons. The molecule has 9 nitrogen and oxygen atoms in total. The zero-order valence-corrected chi connectivity index (χ0v) is 20.3. The Morgan fingerprint density at radius 1 is 1.00 bits per heavy atom. The van der Waals surface area contributed by atoms with Crippen molar-refractivity contribution in [1.82, 2.24) is 19.9 Å². The first-order chi connectivity index (χ1) is 17.3. The molecule has 0 aliphatic carbocycles. The molecular weight excluding hydrogens is 476 g/mol. The van der Waals surface area contributed by atoms with Gasteiger partial charge in [0, 0.05) is 52.7 Å². The third-order valence-corrected chi connectivity index (χ3v) is 6.73. The van der Waals surface area contributed by atoms with Crippen LogP contribution in [0.3, 0.4) is 0 Å². The van der Waals surface area contributed by atoms with E-state index >= 15 is 0 Å². The number of H-pyrrole nitrogens is 1. The number of carbonyl (C=O) groups excluding carboxylic acids is 1. The molecule has 0 radical (unpaired) electrons. The molecule has 3 aromatic heterocycles. The summed E-state index contributed by atoms with van der Waals surface area (Å²) >= 11 is 0. The fraction of sp³-hybridized carbons (Fsp3) is 0.0769. The Morgan fingerprint density at radius 2 is 1.86 bits per heavy atom. The molecule has 36 heavy (non-hydrogen) atoms. The average Bonchev–Trinajstić information content (AvgIpc) is 3.30. The summed E-state index contributed by atoms with van der Waals surface area (Å²) in [5, 5.41) is 6.73. The number of fused-ring (bicyclic) bond motifs is 1. The Kier molecular flexibility index (Phi) is 5.95. The molecule has 0 fully saturated rings. The van der Waals surface area contributed by atoms with Crippen LogP contribution in [0.1, 0.15) is 16.1 Å². The van der Waals surface area contributed by atoms with Crippen molar-refractivity contribution in [3.8, 4) is 11.3 Å². The smallest absolute Gasteiger partial charge is 0.272 e. The van der Waals surface area contributed by atoms with Crippen LogP contribution in [0.4, 0.5) is 17.3 Å². The minimum Gasteiger partial charge on any atom is -0.351 e. The fourth-order valence-corrected chi connectivity index (χ4v) is 4.37. The maximum Gasteiger partial charge on any atom is 0.272 e. The van der Waals surface area contributed by atoms with E-state index < -0.39 is 9.84 Å². The maximum atomic E-state index is 12.9. The number of aromatic amines is 1. The highest BCUT2D eigenvalue weighted by molar-refractivity contribution is 7.90. The van der Waals surface area contributed by atoms with Gasteiger partial charge < -0.3 is 15.6 Å². The summed E-state index contributed by atoms with van der Waals surface area (Å²) in [6.07, 6.45) is 6.26. The van der Waals surface area contributed by atoms with Crippen LogP contribution in [0, 0.1) is 6.92 Å². The van der Waals surface area contributed by atoms with E-state index in [0.717, 1.165) is 28.8 Å². The van der Waals surface area contributed by atoms with Crippen molar-refractivity contribution in [3.63, 3.8) is 0 Å². The van der Waals surface area contributed by atoms with Crippen LogP contribution in [0.5, 0.6) is 0 Å². The third kappa shape index (κ3) is 4.93. The largest absolute Gasteiger partial charge is 0.351 e. The molecule has 1 amide bonds. The summed E-state index contributed by atoms with van der Waals surface area (Å²) in [6, 6.07) is 17.4. The van der Waals surface area contributed by atoms with E-state index in [1.807, 2.05) is 31.2 Å². The number of carbonyl (C=O) groups is 1. The van der Waals surface area contributed by atoms with Gasteiger partial charge in [0.1, 0.15) is 5.69 Å². The van der Waals surface area contributed by atoms with E-state index in [4.69, 9.17) is 0 Å². The molecular formula is C26H22N6O3S. The molecule has 10 heteroatoms. The van der Waals surface area contributed by atoms with E-state index in [0.29, 0.717) is 28.2 Å². The zero-order chi connectivity index (χ0) is 25.3. The predicted octanol–water partition coefficient (Wildman–Crippen LogP) is 4.73. The first-order valence-corrected chi connectivity index (χ1v) is 12.9. The van der Waals surface area contributed by atoms with Crippen molar-refractivity contribution in [3.05, 3.63) is 90.5 Å². The second-order valence-corrected chi connectivity index (χ2v) is 10.3. The first-order valence-electron chi connectivity index (χ1n) is 11.0. The monoisotopic (exact) mass is 498 g/mol. The summed E-state index contributed by atoms with van der Waals surface area (Å²) in [4.78, 5) is 29.2. The van der Waals surface area contributed by atoms with Crippen LogP contribution in [0.2, 0.25) is 0 Å². The van der Waals surface area contributed by atoms with Gasteiger partial charge in [-0.15, -0.1) is 0 Å². The van der Waals surface area contributed by atoms with Gasteiger partial charge in [0.2, 0.25) is 5.95 Å². The van der Waals surface area contributed by atoms with Gasteiger partial charge in [0.15, 0.2) is 9.84 Å². The van der Waals surface area contributed by atoms with E-state index in [2.05, 4.69) is 30.6 Å². The molecule has 2 aromatic carbocycles. The SMILES string of the molecule is Cc1ccc(NC(=O)c2cc3cc(S(C)(=O)=O)ccc3[nH]2)cc1Nc1nccc(-c2cccnc2)n1. The highest BCUT2D eigenvalue weighted by atomic mass is 32.2. The minimum absolute atomic E-state index is 0.199. The van der Waals surface area contributed by atoms with E-state index in [-0.39, 0.29) is 10.8 Å². The lowest BCUT2D eigenvalue weighted by atomic mass is 10.1. The van der Waals surface area contributed by atoms with Crippen LogP contribution >= 0.6 is 0 Å². The van der Waals surface area contributed by atoms with Crippen LogP contribution in [0.25, 0.3) is 22.2 Å². The third-order valence-electron chi connectivity index (χ3n) is 5.62. The number of aromatic nitrogens is 4. The normalized spacial score (nSPS) is 11.4. The topological polar surface area (TPSA) is 130 Å². The van der Waals surface area contributed by atoms with Crippen LogP contribution in [-0.4, -0.2) is 40.5 Å². The number of rotatable bonds is 6. The number of nitrogens with one attached hydrogen (secondary N) is 3. The van der Waals surface area contributed by atoms with Gasteiger partial charge >= 0.3 is 0 Å².